The Balaban J connectivity index is 4.10. The van der Waals surface area contributed by atoms with Gasteiger partial charge in [0.25, 0.3) is 0 Å². The van der Waals surface area contributed by atoms with Gasteiger partial charge in [0.1, 0.15) is 12.7 Å². The SMILES string of the molecule is C=CC(=O)OCC(OC(=O)NCCC)C(C)C. The van der Waals surface area contributed by atoms with Gasteiger partial charge in [-0.05, 0) is 12.3 Å². The number of alkyl carbamates (subject to hydrolysis) is 1. The molecule has 0 bridgehead atoms. The van der Waals surface area contributed by atoms with Gasteiger partial charge in [-0.3, -0.25) is 0 Å². The van der Waals surface area contributed by atoms with Crippen LogP contribution in [-0.2, 0) is 14.3 Å². The number of ether oxygens (including phenoxy) is 2. The molecule has 0 heterocycles. The van der Waals surface area contributed by atoms with Gasteiger partial charge in [0, 0.05) is 12.6 Å². The molecule has 0 aliphatic heterocycles. The number of carbonyl (C=O) groups excluding carboxylic acids is 2. The van der Waals surface area contributed by atoms with Gasteiger partial charge < -0.3 is 14.8 Å². The van der Waals surface area contributed by atoms with Gasteiger partial charge in [-0.2, -0.15) is 0 Å². The summed E-state index contributed by atoms with van der Waals surface area (Å²) in [6, 6.07) is 0. The Kier molecular flexibility index (Phi) is 7.84. The molecule has 17 heavy (non-hydrogen) atoms. The fourth-order valence-corrected chi connectivity index (χ4v) is 0.992. The molecule has 0 spiro atoms. The average Bonchev–Trinajstić information content (AvgIpc) is 2.30. The minimum Gasteiger partial charge on any atom is -0.459 e. The van der Waals surface area contributed by atoms with Crippen molar-refractivity contribution in [3.8, 4) is 0 Å². The quantitative estimate of drug-likeness (QED) is 0.547. The Morgan fingerprint density at radius 1 is 1.41 bits per heavy atom. The highest BCUT2D eigenvalue weighted by atomic mass is 16.6. The van der Waals surface area contributed by atoms with Crippen molar-refractivity contribution in [1.82, 2.24) is 5.32 Å². The minimum atomic E-state index is -0.520. The van der Waals surface area contributed by atoms with Crippen molar-refractivity contribution in [3.05, 3.63) is 12.7 Å². The first kappa shape index (κ1) is 15.5. The summed E-state index contributed by atoms with van der Waals surface area (Å²) in [4.78, 5) is 22.2. The molecule has 0 aliphatic carbocycles. The van der Waals surface area contributed by atoms with Gasteiger partial charge in [0.05, 0.1) is 0 Å². The van der Waals surface area contributed by atoms with Gasteiger partial charge in [-0.1, -0.05) is 27.4 Å². The van der Waals surface area contributed by atoms with Crippen molar-refractivity contribution < 1.29 is 19.1 Å². The monoisotopic (exact) mass is 243 g/mol. The number of amides is 1. The molecule has 1 atom stereocenters. The van der Waals surface area contributed by atoms with Gasteiger partial charge >= 0.3 is 12.1 Å². The second-order valence-electron chi connectivity index (χ2n) is 3.95. The number of hydrogen-bond acceptors (Lipinski definition) is 4. The second-order valence-corrected chi connectivity index (χ2v) is 3.95. The fraction of sp³-hybridized carbons (Fsp3) is 0.667. The summed E-state index contributed by atoms with van der Waals surface area (Å²) in [5.74, 6) is -0.451. The summed E-state index contributed by atoms with van der Waals surface area (Å²) in [7, 11) is 0. The molecule has 1 N–H and O–H groups in total. The van der Waals surface area contributed by atoms with Crippen LogP contribution in [-0.4, -0.2) is 31.3 Å². The van der Waals surface area contributed by atoms with E-state index in [1.165, 1.54) is 0 Å². The third-order valence-corrected chi connectivity index (χ3v) is 2.08. The molecule has 0 aliphatic rings. The standard InChI is InChI=1S/C12H21NO4/c1-5-7-13-12(15)17-10(9(3)4)8-16-11(14)6-2/h6,9-10H,2,5,7-8H2,1,3-4H3,(H,13,15). The highest BCUT2D eigenvalue weighted by Gasteiger charge is 2.19. The van der Waals surface area contributed by atoms with Crippen LogP contribution >= 0.6 is 0 Å². The molecule has 0 aromatic heterocycles. The maximum absolute atomic E-state index is 11.3. The average molecular weight is 243 g/mol. The van der Waals surface area contributed by atoms with Gasteiger partial charge in [-0.15, -0.1) is 0 Å². The Hall–Kier alpha value is -1.52. The Morgan fingerprint density at radius 3 is 2.53 bits per heavy atom. The van der Waals surface area contributed by atoms with E-state index >= 15 is 0 Å². The normalized spacial score (nSPS) is 11.8. The Labute approximate surface area is 102 Å². The lowest BCUT2D eigenvalue weighted by atomic mass is 10.1. The van der Waals surface area contributed by atoms with E-state index < -0.39 is 18.2 Å². The van der Waals surface area contributed by atoms with Crippen LogP contribution < -0.4 is 5.32 Å². The maximum Gasteiger partial charge on any atom is 0.407 e. The van der Waals surface area contributed by atoms with Gasteiger partial charge in [0.2, 0.25) is 0 Å². The lowest BCUT2D eigenvalue weighted by molar-refractivity contribution is -0.141. The third kappa shape index (κ3) is 7.38. The van der Waals surface area contributed by atoms with E-state index in [0.29, 0.717) is 6.54 Å². The summed E-state index contributed by atoms with van der Waals surface area (Å²) < 4.78 is 10.0. The van der Waals surface area contributed by atoms with Crippen LogP contribution in [0.2, 0.25) is 0 Å². The van der Waals surface area contributed by atoms with Crippen molar-refractivity contribution in [3.63, 3.8) is 0 Å². The summed E-state index contributed by atoms with van der Waals surface area (Å²) in [6.07, 6.45) is 0.984. The predicted octanol–water partition coefficient (Wildman–Crippen LogP) is 1.88. The first-order chi connectivity index (χ1) is 8.01. The lowest BCUT2D eigenvalue weighted by Gasteiger charge is -2.20. The second kappa shape index (κ2) is 8.61. The number of hydrogen-bond donors (Lipinski definition) is 1. The molecular weight excluding hydrogens is 222 g/mol. The van der Waals surface area contributed by atoms with Crippen molar-refractivity contribution in [2.24, 2.45) is 5.92 Å². The van der Waals surface area contributed by atoms with E-state index in [-0.39, 0.29) is 12.5 Å². The van der Waals surface area contributed by atoms with E-state index in [9.17, 15) is 9.59 Å². The summed E-state index contributed by atoms with van der Waals surface area (Å²) >= 11 is 0. The zero-order valence-electron chi connectivity index (χ0n) is 10.7. The number of nitrogens with one attached hydrogen (secondary N) is 1. The molecule has 0 aromatic carbocycles. The topological polar surface area (TPSA) is 64.6 Å². The highest BCUT2D eigenvalue weighted by molar-refractivity contribution is 5.81. The molecule has 0 aromatic rings. The van der Waals surface area contributed by atoms with E-state index in [1.54, 1.807) is 0 Å². The first-order valence-corrected chi connectivity index (χ1v) is 5.74. The number of rotatable bonds is 7. The van der Waals surface area contributed by atoms with E-state index in [0.717, 1.165) is 12.5 Å². The molecule has 0 saturated carbocycles. The lowest BCUT2D eigenvalue weighted by Crippen LogP contribution is -2.35. The Morgan fingerprint density at radius 2 is 2.06 bits per heavy atom. The molecule has 98 valence electrons. The van der Waals surface area contributed by atoms with Crippen LogP contribution in [0.5, 0.6) is 0 Å². The van der Waals surface area contributed by atoms with E-state index in [4.69, 9.17) is 9.47 Å². The molecular formula is C12H21NO4. The van der Waals surface area contributed by atoms with Crippen LogP contribution in [0, 0.1) is 5.92 Å². The van der Waals surface area contributed by atoms with Crippen LogP contribution in [0.25, 0.3) is 0 Å². The smallest absolute Gasteiger partial charge is 0.407 e. The predicted molar refractivity (Wildman–Crippen MR) is 64.6 cm³/mol. The van der Waals surface area contributed by atoms with Crippen LogP contribution in [0.1, 0.15) is 27.2 Å². The van der Waals surface area contributed by atoms with Crippen LogP contribution in [0.15, 0.2) is 12.7 Å². The zero-order valence-corrected chi connectivity index (χ0v) is 10.7. The fourth-order valence-electron chi connectivity index (χ4n) is 0.992. The summed E-state index contributed by atoms with van der Waals surface area (Å²) in [5, 5.41) is 2.60. The maximum atomic E-state index is 11.3. The molecule has 0 fully saturated rings. The molecule has 5 nitrogen and oxygen atoms in total. The number of esters is 1. The van der Waals surface area contributed by atoms with Crippen molar-refractivity contribution >= 4 is 12.1 Å². The van der Waals surface area contributed by atoms with E-state index in [1.807, 2.05) is 20.8 Å². The van der Waals surface area contributed by atoms with Crippen LogP contribution in [0.3, 0.4) is 0 Å². The molecule has 1 unspecified atom stereocenters. The molecule has 0 radical (unpaired) electrons. The molecule has 5 heteroatoms. The highest BCUT2D eigenvalue weighted by Crippen LogP contribution is 2.07. The summed E-state index contributed by atoms with van der Waals surface area (Å²) in [6.45, 7) is 9.63. The Bertz CT molecular complexity index is 263. The van der Waals surface area contributed by atoms with E-state index in [2.05, 4.69) is 11.9 Å². The first-order valence-electron chi connectivity index (χ1n) is 5.74. The van der Waals surface area contributed by atoms with Crippen LogP contribution in [0.4, 0.5) is 4.79 Å². The number of carbonyl (C=O) groups is 2. The minimum absolute atomic E-state index is 0.0437. The van der Waals surface area contributed by atoms with Gasteiger partial charge in [-0.25, -0.2) is 9.59 Å². The van der Waals surface area contributed by atoms with Gasteiger partial charge in [0.15, 0.2) is 0 Å². The van der Waals surface area contributed by atoms with Crippen molar-refractivity contribution in [1.29, 1.82) is 0 Å². The molecule has 0 rings (SSSR count). The van der Waals surface area contributed by atoms with Crippen molar-refractivity contribution in [2.75, 3.05) is 13.2 Å². The molecule has 1 amide bonds. The zero-order chi connectivity index (χ0) is 13.3. The molecule has 0 saturated heterocycles. The third-order valence-electron chi connectivity index (χ3n) is 2.08. The summed E-state index contributed by atoms with van der Waals surface area (Å²) in [5.41, 5.74) is 0. The van der Waals surface area contributed by atoms with Crippen molar-refractivity contribution in [2.45, 2.75) is 33.3 Å². The largest absolute Gasteiger partial charge is 0.459 e.